The highest BCUT2D eigenvalue weighted by Gasteiger charge is 2.44. The molecule has 0 radical (unpaired) electrons. The number of carbonyl (C=O) groups excluding carboxylic acids is 4. The molecular formula is C40H39BrF2N10O4. The second kappa shape index (κ2) is 15.4. The summed E-state index contributed by atoms with van der Waals surface area (Å²) in [7, 11) is 0. The van der Waals surface area contributed by atoms with Crippen LogP contribution in [0.2, 0.25) is 0 Å². The number of pyridine rings is 1. The van der Waals surface area contributed by atoms with E-state index in [0.29, 0.717) is 46.6 Å². The molecule has 5 aromatic rings. The molecule has 6 heterocycles. The van der Waals surface area contributed by atoms with E-state index in [1.807, 2.05) is 43.5 Å². The predicted octanol–water partition coefficient (Wildman–Crippen LogP) is 5.31. The van der Waals surface area contributed by atoms with Crippen LogP contribution < -0.4 is 15.5 Å². The zero-order valence-electron chi connectivity index (χ0n) is 31.4. The van der Waals surface area contributed by atoms with Crippen molar-refractivity contribution in [2.45, 2.75) is 64.8 Å². The summed E-state index contributed by atoms with van der Waals surface area (Å²) >= 11 is 3.65. The summed E-state index contributed by atoms with van der Waals surface area (Å²) in [6, 6.07) is 9.10. The molecule has 0 bridgehead atoms. The molecule has 14 nitrogen and oxygen atoms in total. The van der Waals surface area contributed by atoms with Crippen molar-refractivity contribution >= 4 is 68.3 Å². The molecule has 17 heteroatoms. The van der Waals surface area contributed by atoms with Crippen LogP contribution >= 0.6 is 15.9 Å². The van der Waals surface area contributed by atoms with Crippen molar-refractivity contribution in [2.24, 2.45) is 0 Å². The lowest BCUT2D eigenvalue weighted by Gasteiger charge is -2.36. The number of halogens is 3. The number of amides is 2. The first-order chi connectivity index (χ1) is 27.4. The molecule has 3 aliphatic rings. The molecule has 0 aliphatic carbocycles. The van der Waals surface area contributed by atoms with Crippen molar-refractivity contribution in [2.75, 3.05) is 36.4 Å². The summed E-state index contributed by atoms with van der Waals surface area (Å²) in [6.45, 7) is 9.78. The molecule has 57 heavy (non-hydrogen) atoms. The molecule has 3 aromatic heterocycles. The van der Waals surface area contributed by atoms with E-state index in [4.69, 9.17) is 0 Å². The Morgan fingerprint density at radius 1 is 1.04 bits per heavy atom. The lowest BCUT2D eigenvalue weighted by Crippen LogP contribution is -2.52. The molecule has 8 rings (SSSR count). The van der Waals surface area contributed by atoms with Crippen molar-refractivity contribution in [3.05, 3.63) is 87.4 Å². The summed E-state index contributed by atoms with van der Waals surface area (Å²) in [5, 5.41) is 5.40. The minimum atomic E-state index is -0.901. The molecule has 0 saturated carbocycles. The number of ketones is 1. The van der Waals surface area contributed by atoms with Crippen LogP contribution in [0.15, 0.2) is 53.3 Å². The molecule has 294 valence electrons. The lowest BCUT2D eigenvalue weighted by molar-refractivity contribution is -0.141. The van der Waals surface area contributed by atoms with Gasteiger partial charge in [-0.3, -0.25) is 34.3 Å². The van der Waals surface area contributed by atoms with Crippen molar-refractivity contribution in [3.63, 3.8) is 0 Å². The van der Waals surface area contributed by atoms with Crippen LogP contribution in [-0.2, 0) is 32.3 Å². The Morgan fingerprint density at radius 3 is 2.53 bits per heavy atom. The Balaban J connectivity index is 0.909. The standard InChI is InChI=1S/C40H39BrF2N10O4/c1-21(2)53-22(3)46-37-28(42)14-24(15-31(37)53)36-29(43)17-45-40(49-36)47-33-6-4-26(16-44-33)51-10-8-50(9-11-51)18-23-12-25-19-52(30-5-7-34(56)48-39(30)57)38(32(55)20-54)35(25)27(41)13-23/h4,6,12-17,20-21,30,38H,5,7-11,18-19H2,1-3H3,(H,48,56,57)(H,44,45,47,49). The number of Topliss-reactive ketones (excluding diaryl/α,β-unsaturated/α-hetero) is 1. The number of aryl methyl sites for hydroxylation is 1. The van der Waals surface area contributed by atoms with Crippen molar-refractivity contribution in [3.8, 4) is 11.3 Å². The molecule has 3 aliphatic heterocycles. The highest BCUT2D eigenvalue weighted by molar-refractivity contribution is 9.10. The minimum Gasteiger partial charge on any atom is -0.368 e. The third-order valence-electron chi connectivity index (χ3n) is 10.8. The fourth-order valence-corrected chi connectivity index (χ4v) is 9.01. The number of rotatable bonds is 10. The number of benzene rings is 2. The van der Waals surface area contributed by atoms with E-state index in [2.05, 4.69) is 56.3 Å². The first kappa shape index (κ1) is 38.4. The molecule has 2 atom stereocenters. The monoisotopic (exact) mass is 840 g/mol. The number of hydrogen-bond donors (Lipinski definition) is 2. The largest absolute Gasteiger partial charge is 0.368 e. The van der Waals surface area contributed by atoms with Crippen LogP contribution in [0.4, 0.5) is 26.2 Å². The van der Waals surface area contributed by atoms with Gasteiger partial charge in [0.25, 0.3) is 0 Å². The molecule has 2 fully saturated rings. The SMILES string of the molecule is Cc1nc2c(F)cc(-c3nc(Nc4ccc(N5CCN(Cc6cc(Br)c7c(c6)CN(C6CCC(=O)NC6=O)C7C(=O)C=O)CC5)cn4)ncc3F)cc2n1C(C)C. The average molecular weight is 842 g/mol. The van der Waals surface area contributed by atoms with E-state index < -0.39 is 35.4 Å². The summed E-state index contributed by atoms with van der Waals surface area (Å²) in [6.07, 6.45) is 3.55. The highest BCUT2D eigenvalue weighted by atomic mass is 79.9. The summed E-state index contributed by atoms with van der Waals surface area (Å²) in [5.74, 6) is -1.44. The number of nitrogens with zero attached hydrogens (tertiary/aromatic N) is 8. The number of fused-ring (bicyclic) bond motifs is 2. The van der Waals surface area contributed by atoms with Crippen molar-refractivity contribution in [1.29, 1.82) is 0 Å². The topological polar surface area (TPSA) is 159 Å². The normalized spacial score (nSPS) is 19.0. The number of nitrogens with one attached hydrogen (secondary N) is 2. The van der Waals surface area contributed by atoms with Gasteiger partial charge in [0.2, 0.25) is 23.5 Å². The van der Waals surface area contributed by atoms with Gasteiger partial charge in [0.1, 0.15) is 28.9 Å². The number of imide groups is 1. The number of hydrogen-bond acceptors (Lipinski definition) is 12. The van der Waals surface area contributed by atoms with Gasteiger partial charge in [-0.1, -0.05) is 22.0 Å². The Kier molecular flexibility index (Phi) is 10.4. The number of anilines is 3. The quantitative estimate of drug-likeness (QED) is 0.106. The summed E-state index contributed by atoms with van der Waals surface area (Å²) in [4.78, 5) is 72.7. The molecule has 2 N–H and O–H groups in total. The number of piperazine rings is 1. The fraction of sp³-hybridized carbons (Fsp3) is 0.350. The maximum absolute atomic E-state index is 15.2. The van der Waals surface area contributed by atoms with Crippen LogP contribution in [0.25, 0.3) is 22.3 Å². The molecule has 0 spiro atoms. The van der Waals surface area contributed by atoms with Gasteiger partial charge in [-0.05, 0) is 74.2 Å². The van der Waals surface area contributed by atoms with E-state index >= 15 is 8.78 Å². The van der Waals surface area contributed by atoms with E-state index in [-0.39, 0.29) is 47.5 Å². The van der Waals surface area contributed by atoms with E-state index in [1.54, 1.807) is 23.2 Å². The van der Waals surface area contributed by atoms with Gasteiger partial charge in [-0.15, -0.1) is 0 Å². The smallest absolute Gasteiger partial charge is 0.243 e. The minimum absolute atomic E-state index is 0.0239. The van der Waals surface area contributed by atoms with Gasteiger partial charge < -0.3 is 14.8 Å². The van der Waals surface area contributed by atoms with Crippen LogP contribution in [0.5, 0.6) is 0 Å². The molecule has 2 unspecified atom stereocenters. The number of aldehydes is 1. The van der Waals surface area contributed by atoms with E-state index in [9.17, 15) is 19.2 Å². The molecular weight excluding hydrogens is 802 g/mol. The van der Waals surface area contributed by atoms with Gasteiger partial charge >= 0.3 is 0 Å². The molecule has 2 amide bonds. The zero-order valence-corrected chi connectivity index (χ0v) is 33.0. The average Bonchev–Trinajstić information content (AvgIpc) is 3.74. The fourth-order valence-electron chi connectivity index (χ4n) is 8.25. The van der Waals surface area contributed by atoms with Crippen LogP contribution in [-0.4, -0.2) is 90.4 Å². The first-order valence-corrected chi connectivity index (χ1v) is 19.5. The van der Waals surface area contributed by atoms with Crippen LogP contribution in [0.1, 0.15) is 61.3 Å². The zero-order chi connectivity index (χ0) is 40.1. The third-order valence-corrected chi connectivity index (χ3v) is 11.5. The van der Waals surface area contributed by atoms with Crippen LogP contribution in [0, 0.1) is 18.6 Å². The first-order valence-electron chi connectivity index (χ1n) is 18.7. The second-order valence-electron chi connectivity index (χ2n) is 14.8. The summed E-state index contributed by atoms with van der Waals surface area (Å²) in [5.41, 5.74) is 4.52. The van der Waals surface area contributed by atoms with Gasteiger partial charge in [0.05, 0.1) is 29.6 Å². The summed E-state index contributed by atoms with van der Waals surface area (Å²) < 4.78 is 32.8. The van der Waals surface area contributed by atoms with Gasteiger partial charge in [0, 0.05) is 61.8 Å². The Bertz CT molecular complexity index is 2430. The van der Waals surface area contributed by atoms with Crippen LogP contribution in [0.3, 0.4) is 0 Å². The van der Waals surface area contributed by atoms with Gasteiger partial charge in [-0.25, -0.2) is 28.7 Å². The Labute approximate surface area is 334 Å². The van der Waals surface area contributed by atoms with E-state index in [0.717, 1.165) is 49.2 Å². The second-order valence-corrected chi connectivity index (χ2v) is 15.7. The number of carbonyl (C=O) groups is 4. The highest BCUT2D eigenvalue weighted by Crippen LogP contribution is 2.42. The molecule has 2 aromatic carbocycles. The Morgan fingerprint density at radius 2 is 1.82 bits per heavy atom. The molecule has 2 saturated heterocycles. The lowest BCUT2D eigenvalue weighted by atomic mass is 9.97. The van der Waals surface area contributed by atoms with Gasteiger partial charge in [0.15, 0.2) is 17.9 Å². The number of imidazole rings is 1. The van der Waals surface area contributed by atoms with E-state index in [1.165, 1.54) is 6.07 Å². The number of piperidine rings is 1. The van der Waals surface area contributed by atoms with Gasteiger partial charge in [-0.2, -0.15) is 0 Å². The maximum Gasteiger partial charge on any atom is 0.243 e. The predicted molar refractivity (Wildman–Crippen MR) is 210 cm³/mol. The van der Waals surface area contributed by atoms with Crippen molar-refractivity contribution in [1.82, 2.24) is 39.6 Å². The van der Waals surface area contributed by atoms with Crippen molar-refractivity contribution < 1.29 is 28.0 Å². The third kappa shape index (κ3) is 7.42. The maximum atomic E-state index is 15.2. The number of aromatic nitrogens is 5. The Hall–Kier alpha value is -5.52.